The van der Waals surface area contributed by atoms with Crippen molar-refractivity contribution in [2.24, 2.45) is 5.92 Å². The largest absolute Gasteiger partial charge is 0.396 e. The molecule has 0 spiro atoms. The molecule has 2 aromatic carbocycles. The molecule has 10 heteroatoms. The number of amides is 1. The van der Waals surface area contributed by atoms with Gasteiger partial charge < -0.3 is 10.4 Å². The van der Waals surface area contributed by atoms with E-state index in [-0.39, 0.29) is 34.7 Å². The first-order valence-corrected chi connectivity index (χ1v) is 13.0. The maximum atomic E-state index is 14.8. The monoisotopic (exact) mass is 489 g/mol. The molecule has 3 aromatic rings. The molecule has 0 fully saturated rings. The molecule has 0 aliphatic heterocycles. The SMILES string of the molecule is O=C(Nc1ccc(S(=O)(=O)Nc2nccs2)cc1F)[C@H](CCO)C1CCCc2ccccc21. The van der Waals surface area contributed by atoms with E-state index in [0.717, 1.165) is 42.2 Å². The fraction of sp³-hybridized carbons (Fsp3) is 0.304. The van der Waals surface area contributed by atoms with Gasteiger partial charge in [0.05, 0.1) is 10.6 Å². The molecule has 4 rings (SSSR count). The Hall–Kier alpha value is -2.82. The highest BCUT2D eigenvalue weighted by molar-refractivity contribution is 7.93. The van der Waals surface area contributed by atoms with Gasteiger partial charge in [-0.2, -0.15) is 0 Å². The van der Waals surface area contributed by atoms with Crippen molar-refractivity contribution in [2.45, 2.75) is 36.5 Å². The summed E-state index contributed by atoms with van der Waals surface area (Å²) in [5.74, 6) is -1.88. The second-order valence-corrected chi connectivity index (χ2v) is 10.5. The Balaban J connectivity index is 1.53. The van der Waals surface area contributed by atoms with Crippen molar-refractivity contribution in [3.05, 3.63) is 71.0 Å². The Kier molecular flexibility index (Phi) is 7.06. The van der Waals surface area contributed by atoms with Crippen LogP contribution in [0.1, 0.15) is 36.3 Å². The lowest BCUT2D eigenvalue weighted by molar-refractivity contribution is -0.121. The molecule has 3 N–H and O–H groups in total. The van der Waals surface area contributed by atoms with Crippen LogP contribution in [0.2, 0.25) is 0 Å². The van der Waals surface area contributed by atoms with E-state index in [1.165, 1.54) is 23.9 Å². The number of aromatic nitrogens is 1. The van der Waals surface area contributed by atoms with Gasteiger partial charge in [0.1, 0.15) is 5.82 Å². The third kappa shape index (κ3) is 5.23. The van der Waals surface area contributed by atoms with E-state index in [4.69, 9.17) is 0 Å². The van der Waals surface area contributed by atoms with Crippen LogP contribution in [-0.4, -0.2) is 31.0 Å². The standard InChI is InChI=1S/C23H24FN3O4S2/c24-20-14-16(33(30,31)27-23-25-11-13-32-23)8-9-21(20)26-22(29)19(10-12-28)18-7-3-5-15-4-1-2-6-17(15)18/h1-2,4,6,8-9,11,13-14,18-19,28H,3,5,7,10,12H2,(H,25,27)(H,26,29)/t18?,19-/m1/s1. The van der Waals surface area contributed by atoms with E-state index in [1.54, 1.807) is 5.38 Å². The van der Waals surface area contributed by atoms with E-state index < -0.39 is 27.7 Å². The number of sulfonamides is 1. The maximum Gasteiger partial charge on any atom is 0.263 e. The number of carbonyl (C=O) groups excluding carboxylic acids is 1. The van der Waals surface area contributed by atoms with Crippen molar-refractivity contribution in [2.75, 3.05) is 16.6 Å². The Morgan fingerprint density at radius 2 is 2.09 bits per heavy atom. The minimum Gasteiger partial charge on any atom is -0.396 e. The minimum absolute atomic E-state index is 0.0766. The van der Waals surface area contributed by atoms with Crippen LogP contribution >= 0.6 is 11.3 Å². The first-order chi connectivity index (χ1) is 15.9. The molecule has 0 bridgehead atoms. The lowest BCUT2D eigenvalue weighted by Crippen LogP contribution is -2.31. The lowest BCUT2D eigenvalue weighted by Gasteiger charge is -2.31. The average Bonchev–Trinajstić information content (AvgIpc) is 3.30. The average molecular weight is 490 g/mol. The van der Waals surface area contributed by atoms with Crippen molar-refractivity contribution in [1.82, 2.24) is 4.98 Å². The van der Waals surface area contributed by atoms with Crippen LogP contribution < -0.4 is 10.0 Å². The van der Waals surface area contributed by atoms with Crippen LogP contribution in [0.3, 0.4) is 0 Å². The Morgan fingerprint density at radius 3 is 2.82 bits per heavy atom. The minimum atomic E-state index is -4.01. The van der Waals surface area contributed by atoms with Gasteiger partial charge in [-0.05, 0) is 60.9 Å². The quantitative estimate of drug-likeness (QED) is 0.441. The molecule has 1 aromatic heterocycles. The van der Waals surface area contributed by atoms with Crippen molar-refractivity contribution in [3.8, 4) is 0 Å². The summed E-state index contributed by atoms with van der Waals surface area (Å²) < 4.78 is 42.0. The molecule has 1 unspecified atom stereocenters. The molecule has 33 heavy (non-hydrogen) atoms. The van der Waals surface area contributed by atoms with Gasteiger partial charge in [0.25, 0.3) is 10.0 Å². The van der Waals surface area contributed by atoms with Gasteiger partial charge in [-0.1, -0.05) is 24.3 Å². The molecule has 2 atom stereocenters. The number of fused-ring (bicyclic) bond motifs is 1. The molecular weight excluding hydrogens is 465 g/mol. The second kappa shape index (κ2) is 9.98. The number of aliphatic hydroxyl groups is 1. The number of nitrogens with zero attached hydrogens (tertiary/aromatic N) is 1. The van der Waals surface area contributed by atoms with Gasteiger partial charge in [-0.15, -0.1) is 11.3 Å². The number of halogens is 1. The third-order valence-corrected chi connectivity index (χ3v) is 8.00. The summed E-state index contributed by atoms with van der Waals surface area (Å²) in [7, 11) is -4.01. The van der Waals surface area contributed by atoms with Crippen molar-refractivity contribution in [3.63, 3.8) is 0 Å². The first kappa shape index (κ1) is 23.3. The molecule has 0 saturated carbocycles. The highest BCUT2D eigenvalue weighted by Gasteiger charge is 2.32. The van der Waals surface area contributed by atoms with Gasteiger partial charge >= 0.3 is 0 Å². The molecule has 0 radical (unpaired) electrons. The zero-order valence-corrected chi connectivity index (χ0v) is 19.3. The van der Waals surface area contributed by atoms with E-state index in [0.29, 0.717) is 0 Å². The summed E-state index contributed by atoms with van der Waals surface area (Å²) in [6.45, 7) is -0.168. The normalized spacial score (nSPS) is 16.6. The maximum absolute atomic E-state index is 14.8. The smallest absolute Gasteiger partial charge is 0.263 e. The van der Waals surface area contributed by atoms with Crippen molar-refractivity contribution < 1.29 is 22.7 Å². The molecule has 1 amide bonds. The predicted octanol–water partition coefficient (Wildman–Crippen LogP) is 4.14. The van der Waals surface area contributed by atoms with Crippen molar-refractivity contribution >= 4 is 38.1 Å². The summed E-state index contributed by atoms with van der Waals surface area (Å²) in [6, 6.07) is 11.3. The third-order valence-electron chi connectivity index (χ3n) is 5.84. The van der Waals surface area contributed by atoms with Crippen LogP contribution in [0.5, 0.6) is 0 Å². The van der Waals surface area contributed by atoms with E-state index in [9.17, 15) is 22.7 Å². The van der Waals surface area contributed by atoms with Gasteiger partial charge in [0.15, 0.2) is 5.13 Å². The number of aryl methyl sites for hydroxylation is 1. The lowest BCUT2D eigenvalue weighted by atomic mass is 9.74. The molecule has 1 heterocycles. The molecule has 174 valence electrons. The Bertz CT molecular complexity index is 1230. The second-order valence-electron chi connectivity index (χ2n) is 7.89. The van der Waals surface area contributed by atoms with E-state index in [1.807, 2.05) is 24.3 Å². The summed E-state index contributed by atoms with van der Waals surface area (Å²) in [5, 5.41) is 14.0. The molecule has 1 aliphatic carbocycles. The molecule has 1 aliphatic rings. The number of hydrogen-bond acceptors (Lipinski definition) is 6. The first-order valence-electron chi connectivity index (χ1n) is 10.6. The number of benzene rings is 2. The van der Waals surface area contributed by atoms with Gasteiger partial charge in [-0.3, -0.25) is 9.52 Å². The predicted molar refractivity (Wildman–Crippen MR) is 125 cm³/mol. The number of rotatable bonds is 8. The fourth-order valence-corrected chi connectivity index (χ4v) is 6.10. The Morgan fingerprint density at radius 1 is 1.27 bits per heavy atom. The number of anilines is 2. The van der Waals surface area contributed by atoms with Crippen LogP contribution in [0.4, 0.5) is 15.2 Å². The molecule has 7 nitrogen and oxygen atoms in total. The number of nitrogens with one attached hydrogen (secondary N) is 2. The number of thiazole rings is 1. The number of carbonyl (C=O) groups is 1. The van der Waals surface area contributed by atoms with E-state index in [2.05, 4.69) is 15.0 Å². The summed E-state index contributed by atoms with van der Waals surface area (Å²) in [5.41, 5.74) is 2.17. The van der Waals surface area contributed by atoms with Crippen LogP contribution in [0, 0.1) is 11.7 Å². The highest BCUT2D eigenvalue weighted by atomic mass is 32.2. The zero-order chi connectivity index (χ0) is 23.4. The van der Waals surface area contributed by atoms with Gasteiger partial charge in [-0.25, -0.2) is 17.8 Å². The molecule has 0 saturated heterocycles. The van der Waals surface area contributed by atoms with Crippen LogP contribution in [0.15, 0.2) is 58.9 Å². The Labute approximate surface area is 195 Å². The zero-order valence-electron chi connectivity index (χ0n) is 17.7. The van der Waals surface area contributed by atoms with Crippen LogP contribution in [-0.2, 0) is 21.2 Å². The van der Waals surface area contributed by atoms with Crippen molar-refractivity contribution in [1.29, 1.82) is 0 Å². The summed E-state index contributed by atoms with van der Waals surface area (Å²) in [6.07, 6.45) is 4.38. The van der Waals surface area contributed by atoms with Gasteiger partial charge in [0.2, 0.25) is 5.91 Å². The van der Waals surface area contributed by atoms with Gasteiger partial charge in [0, 0.05) is 24.1 Å². The fourth-order valence-electron chi connectivity index (χ4n) is 4.30. The molecular formula is C23H24FN3O4S2. The number of aliphatic hydroxyl groups excluding tert-OH is 1. The van der Waals surface area contributed by atoms with E-state index >= 15 is 0 Å². The number of hydrogen-bond donors (Lipinski definition) is 3. The highest BCUT2D eigenvalue weighted by Crippen LogP contribution is 2.39. The summed E-state index contributed by atoms with van der Waals surface area (Å²) in [4.78, 5) is 16.7. The topological polar surface area (TPSA) is 108 Å². The van der Waals surface area contributed by atoms with Crippen LogP contribution in [0.25, 0.3) is 0 Å². The summed E-state index contributed by atoms with van der Waals surface area (Å²) >= 11 is 1.10.